The molecule has 0 bridgehead atoms. The number of aromatic nitrogens is 2. The van der Waals surface area contributed by atoms with E-state index in [1.807, 2.05) is 22.6 Å². The monoisotopic (exact) mass is 521 g/mol. The third kappa shape index (κ3) is 2.93. The predicted octanol–water partition coefficient (Wildman–Crippen LogP) is 5.06. The van der Waals surface area contributed by atoms with Crippen molar-refractivity contribution in [2.45, 2.75) is 12.5 Å². The van der Waals surface area contributed by atoms with Crippen molar-refractivity contribution < 1.29 is 17.6 Å². The maximum Gasteiger partial charge on any atom is 0.135 e. The topological polar surface area (TPSA) is 39.8 Å². The molecular weight excluding hydrogens is 509 g/mol. The molecule has 4 rings (SSSR count). The number of hydrogen-bond donors (Lipinski definition) is 1. The number of nitrogens with one attached hydrogen (secondary N) is 1. The minimum Gasteiger partial charge on any atom is -0.299 e. The molecule has 0 saturated carbocycles. The number of nitrogens with zero attached hydrogens (tertiary/aromatic N) is 2. The van der Waals surface area contributed by atoms with E-state index in [2.05, 4.69) is 10.4 Å². The highest BCUT2D eigenvalue weighted by Gasteiger charge is 2.53. The Balaban J connectivity index is 2.02. The molecule has 1 aliphatic heterocycles. The lowest BCUT2D eigenvalue weighted by Gasteiger charge is -2.20. The van der Waals surface area contributed by atoms with Crippen LogP contribution in [0.5, 0.6) is 0 Å². The van der Waals surface area contributed by atoms with Crippen LogP contribution >= 0.6 is 34.2 Å². The maximum atomic E-state index is 14.8. The minimum absolute atomic E-state index is 0.00531. The Morgan fingerprint density at radius 2 is 1.68 bits per heavy atom. The standard InChI is InChI=1S/C19H13ClF4IN3/c1-8-15(16-11(20)3-9(21)4-12(16)23)18(28(2)27-8)19(7-26-19)17-13(24)5-10(22)6-14(17)25/h3-6,26H,7H2,1-2H3. The second kappa shape index (κ2) is 6.70. The molecule has 1 aromatic heterocycles. The van der Waals surface area contributed by atoms with Gasteiger partial charge in [0.2, 0.25) is 0 Å². The number of aryl methyl sites for hydroxylation is 2. The van der Waals surface area contributed by atoms with Crippen LogP contribution in [0.2, 0.25) is 5.02 Å². The van der Waals surface area contributed by atoms with Crippen LogP contribution in [0.3, 0.4) is 0 Å². The van der Waals surface area contributed by atoms with E-state index in [1.54, 1.807) is 14.0 Å². The van der Waals surface area contributed by atoms with Gasteiger partial charge >= 0.3 is 0 Å². The van der Waals surface area contributed by atoms with Crippen molar-refractivity contribution in [3.8, 4) is 11.1 Å². The average Bonchev–Trinajstić information content (AvgIpc) is 3.26. The zero-order valence-electron chi connectivity index (χ0n) is 14.7. The zero-order valence-corrected chi connectivity index (χ0v) is 17.6. The first-order chi connectivity index (χ1) is 13.2. The third-order valence-electron chi connectivity index (χ3n) is 4.85. The fourth-order valence-corrected chi connectivity index (χ4v) is 5.03. The highest BCUT2D eigenvalue weighted by atomic mass is 127. The largest absolute Gasteiger partial charge is 0.299 e. The van der Waals surface area contributed by atoms with E-state index in [-0.39, 0.29) is 16.1 Å². The summed E-state index contributed by atoms with van der Waals surface area (Å²) in [5.41, 5.74) is 0.501. The molecule has 0 aliphatic carbocycles. The van der Waals surface area contributed by atoms with Crippen molar-refractivity contribution >= 4 is 34.2 Å². The summed E-state index contributed by atoms with van der Waals surface area (Å²) in [4.78, 5) is 0. The second-order valence-electron chi connectivity index (χ2n) is 6.68. The molecule has 3 nitrogen and oxygen atoms in total. The fourth-order valence-electron chi connectivity index (χ4n) is 3.73. The first-order valence-corrected chi connectivity index (χ1v) is 9.70. The van der Waals surface area contributed by atoms with E-state index < -0.39 is 28.8 Å². The fraction of sp³-hybridized carbons (Fsp3) is 0.211. The molecule has 0 amide bonds. The van der Waals surface area contributed by atoms with Gasteiger partial charge in [-0.2, -0.15) is 5.10 Å². The Morgan fingerprint density at radius 1 is 1.07 bits per heavy atom. The lowest BCUT2D eigenvalue weighted by atomic mass is 9.89. The Morgan fingerprint density at radius 3 is 2.25 bits per heavy atom. The lowest BCUT2D eigenvalue weighted by molar-refractivity contribution is 0.547. The first kappa shape index (κ1) is 19.7. The first-order valence-electron chi connectivity index (χ1n) is 8.24. The zero-order chi connectivity index (χ0) is 20.4. The number of rotatable bonds is 3. The normalized spacial score (nSPS) is 18.6. The van der Waals surface area contributed by atoms with E-state index in [9.17, 15) is 17.6 Å². The van der Waals surface area contributed by atoms with Gasteiger partial charge in [0, 0.05) is 46.0 Å². The van der Waals surface area contributed by atoms with Crippen molar-refractivity contribution in [1.29, 1.82) is 0 Å². The lowest BCUT2D eigenvalue weighted by Crippen LogP contribution is -2.23. The van der Waals surface area contributed by atoms with Crippen LogP contribution in [-0.4, -0.2) is 16.3 Å². The summed E-state index contributed by atoms with van der Waals surface area (Å²) in [6, 6.07) is 3.81. The summed E-state index contributed by atoms with van der Waals surface area (Å²) >= 11 is 8.03. The molecule has 9 heteroatoms. The quantitative estimate of drug-likeness (QED) is 0.298. The third-order valence-corrected chi connectivity index (χ3v) is 6.00. The average molecular weight is 522 g/mol. The van der Waals surface area contributed by atoms with Crippen molar-refractivity contribution in [3.63, 3.8) is 0 Å². The summed E-state index contributed by atoms with van der Waals surface area (Å²) < 4.78 is 58.5. The van der Waals surface area contributed by atoms with E-state index in [4.69, 9.17) is 11.6 Å². The molecule has 2 heterocycles. The van der Waals surface area contributed by atoms with Crippen LogP contribution in [0, 0.1) is 33.8 Å². The molecule has 28 heavy (non-hydrogen) atoms. The van der Waals surface area contributed by atoms with Crippen LogP contribution in [0.4, 0.5) is 17.6 Å². The number of benzene rings is 2. The molecule has 3 aromatic rings. The van der Waals surface area contributed by atoms with Crippen molar-refractivity contribution in [2.24, 2.45) is 7.05 Å². The number of halogens is 6. The highest BCUT2D eigenvalue weighted by molar-refractivity contribution is 14.1. The van der Waals surface area contributed by atoms with Crippen LogP contribution in [0.1, 0.15) is 17.0 Å². The van der Waals surface area contributed by atoms with E-state index in [1.165, 1.54) is 10.7 Å². The van der Waals surface area contributed by atoms with E-state index in [0.717, 1.165) is 18.2 Å². The Hall–Kier alpha value is -1.65. The second-order valence-corrected chi connectivity index (χ2v) is 8.25. The van der Waals surface area contributed by atoms with E-state index >= 15 is 0 Å². The van der Waals surface area contributed by atoms with Crippen molar-refractivity contribution in [2.75, 3.05) is 6.54 Å². The van der Waals surface area contributed by atoms with Gasteiger partial charge in [-0.15, -0.1) is 0 Å². The number of hydrogen-bond acceptors (Lipinski definition) is 2. The molecule has 1 N–H and O–H groups in total. The smallest absolute Gasteiger partial charge is 0.135 e. The summed E-state index contributed by atoms with van der Waals surface area (Å²) in [5, 5.41) is 7.38. The van der Waals surface area contributed by atoms with Crippen LogP contribution in [-0.2, 0) is 12.6 Å². The molecule has 1 unspecified atom stereocenters. The van der Waals surface area contributed by atoms with Crippen molar-refractivity contribution in [1.82, 2.24) is 15.1 Å². The van der Waals surface area contributed by atoms with Crippen LogP contribution in [0.15, 0.2) is 24.3 Å². The summed E-state index contributed by atoms with van der Waals surface area (Å²) in [7, 11) is 1.65. The van der Waals surface area contributed by atoms with Crippen LogP contribution in [0.25, 0.3) is 11.1 Å². The molecule has 0 spiro atoms. The van der Waals surface area contributed by atoms with Gasteiger partial charge in [-0.05, 0) is 41.6 Å². The molecular formula is C19H13ClF4IN3. The molecule has 2 aromatic carbocycles. The maximum absolute atomic E-state index is 14.8. The Labute approximate surface area is 176 Å². The molecule has 1 atom stereocenters. The molecule has 1 saturated heterocycles. The van der Waals surface area contributed by atoms with Crippen LogP contribution < -0.4 is 5.32 Å². The predicted molar refractivity (Wildman–Crippen MR) is 106 cm³/mol. The summed E-state index contributed by atoms with van der Waals surface area (Å²) in [5.74, 6) is -3.04. The molecule has 1 fully saturated rings. The van der Waals surface area contributed by atoms with Gasteiger partial charge in [0.1, 0.15) is 28.8 Å². The summed E-state index contributed by atoms with van der Waals surface area (Å²) in [6.45, 7) is 2.01. The van der Waals surface area contributed by atoms with Gasteiger partial charge in [-0.25, -0.2) is 17.6 Å². The minimum atomic E-state index is -1.02. The highest BCUT2D eigenvalue weighted by Crippen LogP contribution is 2.48. The molecule has 0 radical (unpaired) electrons. The SMILES string of the molecule is Cc1nn(C)c(C2(c3c(F)cc(F)cc3I)CN2)c1-c1c(F)cc(F)cc1Cl. The Bertz CT molecular complexity index is 1080. The van der Waals surface area contributed by atoms with E-state index in [0.29, 0.717) is 27.1 Å². The van der Waals surface area contributed by atoms with Gasteiger partial charge in [-0.1, -0.05) is 11.6 Å². The Kier molecular flexibility index (Phi) is 4.71. The van der Waals surface area contributed by atoms with Gasteiger partial charge in [0.05, 0.1) is 16.4 Å². The molecule has 146 valence electrons. The van der Waals surface area contributed by atoms with Crippen molar-refractivity contribution in [3.05, 3.63) is 73.1 Å². The summed E-state index contributed by atoms with van der Waals surface area (Å²) in [6.07, 6.45) is 0. The molecule has 1 aliphatic rings. The van der Waals surface area contributed by atoms with Gasteiger partial charge in [0.25, 0.3) is 0 Å². The van der Waals surface area contributed by atoms with Gasteiger partial charge < -0.3 is 0 Å². The van der Waals surface area contributed by atoms with Gasteiger partial charge in [0.15, 0.2) is 0 Å². The van der Waals surface area contributed by atoms with Gasteiger partial charge in [-0.3, -0.25) is 10.00 Å².